The minimum atomic E-state index is -1.31. The topological polar surface area (TPSA) is 61.8 Å². The molecule has 0 aliphatic rings. The molecule has 5 nitrogen and oxygen atoms in total. The van der Waals surface area contributed by atoms with Crippen molar-refractivity contribution in [3.05, 3.63) is 22.7 Å². The number of ether oxygens (including phenoxy) is 3. The SMILES string of the molecule is CCCCCCCCCCCOC(=O)C(CC)(CC)C(=O)Oc1ccc(Br)cc1OC. The summed E-state index contributed by atoms with van der Waals surface area (Å²) >= 11 is 3.36. The number of carbonyl (C=O) groups excluding carboxylic acids is 2. The van der Waals surface area contributed by atoms with Crippen LogP contribution >= 0.6 is 15.9 Å². The molecule has 0 saturated heterocycles. The fourth-order valence-corrected chi connectivity index (χ4v) is 3.89. The van der Waals surface area contributed by atoms with Crippen molar-refractivity contribution in [2.45, 2.75) is 91.4 Å². The van der Waals surface area contributed by atoms with E-state index in [1.54, 1.807) is 18.2 Å². The Kier molecular flexibility index (Phi) is 13.5. The highest BCUT2D eigenvalue weighted by molar-refractivity contribution is 9.10. The maximum Gasteiger partial charge on any atom is 0.328 e. The maximum absolute atomic E-state index is 13.0. The average molecular weight is 499 g/mol. The van der Waals surface area contributed by atoms with Crippen molar-refractivity contribution >= 4 is 27.9 Å². The molecule has 1 rings (SSSR count). The molecular weight excluding hydrogens is 460 g/mol. The predicted octanol–water partition coefficient (Wildman–Crippen LogP) is 7.24. The summed E-state index contributed by atoms with van der Waals surface area (Å²) in [5, 5.41) is 0. The van der Waals surface area contributed by atoms with E-state index in [1.807, 2.05) is 13.8 Å². The lowest BCUT2D eigenvalue weighted by atomic mass is 9.82. The number of methoxy groups -OCH3 is 1. The predicted molar refractivity (Wildman–Crippen MR) is 128 cm³/mol. The summed E-state index contributed by atoms with van der Waals surface area (Å²) in [6.45, 7) is 6.18. The largest absolute Gasteiger partial charge is 0.493 e. The van der Waals surface area contributed by atoms with Gasteiger partial charge in [0.15, 0.2) is 16.9 Å². The first-order valence-electron chi connectivity index (χ1n) is 11.7. The van der Waals surface area contributed by atoms with E-state index in [2.05, 4.69) is 22.9 Å². The molecule has 0 saturated carbocycles. The molecule has 0 fully saturated rings. The number of hydrogen-bond acceptors (Lipinski definition) is 5. The molecule has 0 unspecified atom stereocenters. The molecular formula is C25H39BrO5. The maximum atomic E-state index is 13.0. The summed E-state index contributed by atoms with van der Waals surface area (Å²) < 4.78 is 17.2. The van der Waals surface area contributed by atoms with Crippen molar-refractivity contribution in [3.8, 4) is 11.5 Å². The minimum absolute atomic E-state index is 0.286. The van der Waals surface area contributed by atoms with E-state index in [9.17, 15) is 9.59 Å². The second-order valence-electron chi connectivity index (χ2n) is 7.94. The molecule has 0 amide bonds. The second kappa shape index (κ2) is 15.3. The van der Waals surface area contributed by atoms with Crippen LogP contribution in [0.3, 0.4) is 0 Å². The van der Waals surface area contributed by atoms with Gasteiger partial charge in [-0.25, -0.2) is 0 Å². The van der Waals surface area contributed by atoms with Crippen LogP contribution in [0, 0.1) is 5.41 Å². The quantitative estimate of drug-likeness (QED) is 0.104. The van der Waals surface area contributed by atoms with Crippen molar-refractivity contribution in [2.24, 2.45) is 5.41 Å². The van der Waals surface area contributed by atoms with E-state index in [1.165, 1.54) is 45.6 Å². The van der Waals surface area contributed by atoms with Gasteiger partial charge in [-0.05, 0) is 37.5 Å². The van der Waals surface area contributed by atoms with Crippen molar-refractivity contribution in [1.82, 2.24) is 0 Å². The van der Waals surface area contributed by atoms with Gasteiger partial charge in [-0.15, -0.1) is 0 Å². The Hall–Kier alpha value is -1.56. The lowest BCUT2D eigenvalue weighted by Crippen LogP contribution is -2.42. The van der Waals surface area contributed by atoms with E-state index < -0.39 is 17.4 Å². The number of halogens is 1. The second-order valence-corrected chi connectivity index (χ2v) is 8.85. The molecule has 1 aromatic carbocycles. The molecule has 0 bridgehead atoms. The molecule has 31 heavy (non-hydrogen) atoms. The highest BCUT2D eigenvalue weighted by Gasteiger charge is 2.46. The first kappa shape index (κ1) is 27.5. The van der Waals surface area contributed by atoms with Crippen molar-refractivity contribution in [1.29, 1.82) is 0 Å². The van der Waals surface area contributed by atoms with E-state index in [0.29, 0.717) is 25.2 Å². The van der Waals surface area contributed by atoms with Gasteiger partial charge in [0, 0.05) is 4.47 Å². The number of unbranched alkanes of at least 4 members (excludes halogenated alkanes) is 8. The molecule has 0 atom stereocenters. The summed E-state index contributed by atoms with van der Waals surface area (Å²) in [5.41, 5.74) is -1.31. The number of carbonyl (C=O) groups is 2. The lowest BCUT2D eigenvalue weighted by molar-refractivity contribution is -0.168. The zero-order chi connectivity index (χ0) is 23.1. The Morgan fingerprint density at radius 1 is 0.839 bits per heavy atom. The van der Waals surface area contributed by atoms with Crippen molar-refractivity contribution < 1.29 is 23.8 Å². The van der Waals surface area contributed by atoms with Crippen LogP contribution in [0.1, 0.15) is 91.4 Å². The monoisotopic (exact) mass is 498 g/mol. The summed E-state index contributed by atoms with van der Waals surface area (Å²) in [6, 6.07) is 5.11. The van der Waals surface area contributed by atoms with Gasteiger partial charge in [-0.2, -0.15) is 0 Å². The van der Waals surface area contributed by atoms with Gasteiger partial charge in [0.25, 0.3) is 0 Å². The normalized spacial score (nSPS) is 11.3. The molecule has 0 aromatic heterocycles. The fourth-order valence-electron chi connectivity index (χ4n) is 3.55. The Labute approximate surface area is 196 Å². The molecule has 0 aliphatic heterocycles. The molecule has 0 radical (unpaired) electrons. The molecule has 176 valence electrons. The summed E-state index contributed by atoms with van der Waals surface area (Å²) in [6.07, 6.45) is 11.4. The highest BCUT2D eigenvalue weighted by Crippen LogP contribution is 2.35. The number of rotatable bonds is 16. The molecule has 0 heterocycles. The van der Waals surface area contributed by atoms with Gasteiger partial charge < -0.3 is 14.2 Å². The number of esters is 2. The molecule has 0 spiro atoms. The van der Waals surface area contributed by atoms with Crippen LogP contribution in [-0.4, -0.2) is 25.7 Å². The Bertz CT molecular complexity index is 670. The van der Waals surface area contributed by atoms with Crippen LogP contribution in [0.5, 0.6) is 11.5 Å². The minimum Gasteiger partial charge on any atom is -0.493 e. The Morgan fingerprint density at radius 3 is 1.97 bits per heavy atom. The summed E-state index contributed by atoms with van der Waals surface area (Å²) in [4.78, 5) is 25.8. The number of benzene rings is 1. The molecule has 0 aliphatic carbocycles. The summed E-state index contributed by atoms with van der Waals surface area (Å²) in [5.74, 6) is -0.394. The average Bonchev–Trinajstić information content (AvgIpc) is 2.77. The van der Waals surface area contributed by atoms with Gasteiger partial charge in [-0.1, -0.05) is 88.1 Å². The third kappa shape index (κ3) is 8.83. The van der Waals surface area contributed by atoms with E-state index >= 15 is 0 Å². The highest BCUT2D eigenvalue weighted by atomic mass is 79.9. The third-order valence-corrected chi connectivity index (χ3v) is 6.29. The third-order valence-electron chi connectivity index (χ3n) is 5.80. The van der Waals surface area contributed by atoms with Crippen LogP contribution < -0.4 is 9.47 Å². The smallest absolute Gasteiger partial charge is 0.328 e. The van der Waals surface area contributed by atoms with Crippen LogP contribution in [0.15, 0.2) is 22.7 Å². The van der Waals surface area contributed by atoms with Crippen LogP contribution in [0.2, 0.25) is 0 Å². The van der Waals surface area contributed by atoms with Gasteiger partial charge in [0.05, 0.1) is 13.7 Å². The zero-order valence-corrected chi connectivity index (χ0v) is 21.2. The number of hydrogen-bond donors (Lipinski definition) is 0. The van der Waals surface area contributed by atoms with Crippen LogP contribution in [0.25, 0.3) is 0 Å². The Balaban J connectivity index is 2.53. The lowest BCUT2D eigenvalue weighted by Gasteiger charge is -2.27. The first-order valence-corrected chi connectivity index (χ1v) is 12.5. The van der Waals surface area contributed by atoms with Gasteiger partial charge in [-0.3, -0.25) is 9.59 Å². The van der Waals surface area contributed by atoms with Gasteiger partial charge in [0.1, 0.15) is 0 Å². The van der Waals surface area contributed by atoms with Gasteiger partial charge >= 0.3 is 11.9 Å². The van der Waals surface area contributed by atoms with E-state index in [4.69, 9.17) is 14.2 Å². The molecule has 1 aromatic rings. The van der Waals surface area contributed by atoms with E-state index in [0.717, 1.165) is 23.7 Å². The molecule has 0 N–H and O–H groups in total. The molecule has 6 heteroatoms. The summed E-state index contributed by atoms with van der Waals surface area (Å²) in [7, 11) is 1.51. The van der Waals surface area contributed by atoms with Crippen molar-refractivity contribution in [3.63, 3.8) is 0 Å². The van der Waals surface area contributed by atoms with Crippen molar-refractivity contribution in [2.75, 3.05) is 13.7 Å². The van der Waals surface area contributed by atoms with E-state index in [-0.39, 0.29) is 5.75 Å². The fraction of sp³-hybridized carbons (Fsp3) is 0.680. The Morgan fingerprint density at radius 2 is 1.42 bits per heavy atom. The first-order chi connectivity index (χ1) is 14.9. The van der Waals surface area contributed by atoms with Gasteiger partial charge in [0.2, 0.25) is 0 Å². The standard InChI is InChI=1S/C25H39BrO5/c1-5-8-9-10-11-12-13-14-15-18-30-23(27)25(6-2,7-3)24(28)31-21-17-16-20(26)19-22(21)29-4/h16-17,19H,5-15,18H2,1-4H3. The zero-order valence-electron chi connectivity index (χ0n) is 19.6. The van der Waals surface area contributed by atoms with Crippen LogP contribution in [-0.2, 0) is 14.3 Å². The van der Waals surface area contributed by atoms with Crippen LogP contribution in [0.4, 0.5) is 0 Å².